The Labute approximate surface area is 182 Å². The zero-order chi connectivity index (χ0) is 21.7. The van der Waals surface area contributed by atoms with Crippen molar-refractivity contribution in [2.75, 3.05) is 17.3 Å². The standard InChI is InChI=1S/C22H18ClN7O/c1-3-16-14-6-11(4-5-13(14)22(31)29-28-16)15-9-27-30(2)21(15)18-12(8-24)7-17-20(19(18)23)26-10-25-17/h4-7,9,25-26H,3,10H2,1-2H3,(H,29,31). The van der Waals surface area contributed by atoms with E-state index in [0.29, 0.717) is 34.6 Å². The van der Waals surface area contributed by atoms with E-state index in [0.717, 1.165) is 39.3 Å². The molecule has 2 aromatic heterocycles. The third-order valence-corrected chi connectivity index (χ3v) is 6.00. The number of aromatic nitrogens is 4. The summed E-state index contributed by atoms with van der Waals surface area (Å²) in [6, 6.07) is 9.69. The minimum absolute atomic E-state index is 0.225. The second-order valence-corrected chi connectivity index (χ2v) is 7.70. The monoisotopic (exact) mass is 431 g/mol. The zero-order valence-corrected chi connectivity index (χ0v) is 17.6. The predicted molar refractivity (Wildman–Crippen MR) is 121 cm³/mol. The van der Waals surface area contributed by atoms with Crippen LogP contribution in [-0.4, -0.2) is 26.6 Å². The number of benzene rings is 2. The molecule has 9 heteroatoms. The van der Waals surface area contributed by atoms with E-state index in [1.54, 1.807) is 23.0 Å². The SMILES string of the molecule is CCc1n[nH]c(=O)c2ccc(-c3cnn(C)c3-c3c(C#N)cc4c(c3Cl)NCN4)cc12. The minimum atomic E-state index is -0.225. The van der Waals surface area contributed by atoms with Crippen molar-refractivity contribution in [1.29, 1.82) is 5.26 Å². The molecule has 3 heterocycles. The van der Waals surface area contributed by atoms with Crippen LogP contribution >= 0.6 is 11.6 Å². The lowest BCUT2D eigenvalue weighted by molar-refractivity contribution is 0.776. The molecule has 2 aromatic carbocycles. The van der Waals surface area contributed by atoms with Gasteiger partial charge in [-0.3, -0.25) is 9.48 Å². The van der Waals surface area contributed by atoms with E-state index in [1.807, 2.05) is 26.1 Å². The summed E-state index contributed by atoms with van der Waals surface area (Å²) in [5.74, 6) is 0. The molecule has 0 radical (unpaired) electrons. The summed E-state index contributed by atoms with van der Waals surface area (Å²) in [5, 5.41) is 29.3. The molecule has 0 bridgehead atoms. The maximum absolute atomic E-state index is 12.2. The van der Waals surface area contributed by atoms with Crippen molar-refractivity contribution in [3.63, 3.8) is 0 Å². The molecule has 1 aliphatic heterocycles. The van der Waals surface area contributed by atoms with E-state index in [-0.39, 0.29) is 5.56 Å². The van der Waals surface area contributed by atoms with E-state index >= 15 is 0 Å². The highest BCUT2D eigenvalue weighted by Gasteiger charge is 2.25. The number of halogens is 1. The van der Waals surface area contributed by atoms with Crippen LogP contribution in [0.5, 0.6) is 0 Å². The third kappa shape index (κ3) is 2.86. The highest BCUT2D eigenvalue weighted by molar-refractivity contribution is 6.37. The maximum atomic E-state index is 12.2. The molecule has 4 aromatic rings. The summed E-state index contributed by atoms with van der Waals surface area (Å²) in [6.07, 6.45) is 2.43. The molecule has 0 unspecified atom stereocenters. The van der Waals surface area contributed by atoms with E-state index in [2.05, 4.69) is 32.0 Å². The van der Waals surface area contributed by atoms with Crippen LogP contribution in [0.3, 0.4) is 0 Å². The van der Waals surface area contributed by atoms with Gasteiger partial charge in [-0.2, -0.15) is 15.5 Å². The normalized spacial score (nSPS) is 12.3. The molecular formula is C22H18ClN7O. The first-order valence-corrected chi connectivity index (χ1v) is 10.2. The van der Waals surface area contributed by atoms with Crippen molar-refractivity contribution in [3.8, 4) is 28.5 Å². The van der Waals surface area contributed by atoms with Gasteiger partial charge in [-0.1, -0.05) is 24.6 Å². The Hall–Kier alpha value is -3.83. The number of hydrogen-bond acceptors (Lipinski definition) is 6. The van der Waals surface area contributed by atoms with Crippen LogP contribution in [-0.2, 0) is 13.5 Å². The van der Waals surface area contributed by atoms with Crippen LogP contribution in [0.1, 0.15) is 18.2 Å². The van der Waals surface area contributed by atoms with Crippen molar-refractivity contribution in [2.24, 2.45) is 7.05 Å². The number of anilines is 2. The van der Waals surface area contributed by atoms with E-state index in [9.17, 15) is 10.1 Å². The summed E-state index contributed by atoms with van der Waals surface area (Å²) in [4.78, 5) is 12.2. The van der Waals surface area contributed by atoms with Crippen LogP contribution < -0.4 is 16.2 Å². The molecule has 3 N–H and O–H groups in total. The Morgan fingerprint density at radius 1 is 1.26 bits per heavy atom. The number of H-pyrrole nitrogens is 1. The number of fused-ring (bicyclic) bond motifs is 2. The molecule has 1 aliphatic rings. The minimum Gasteiger partial charge on any atom is -0.366 e. The Kier molecular flexibility index (Phi) is 4.41. The number of nitrogens with one attached hydrogen (secondary N) is 3. The number of hydrogen-bond donors (Lipinski definition) is 3. The lowest BCUT2D eigenvalue weighted by atomic mass is 9.95. The van der Waals surface area contributed by atoms with Gasteiger partial charge in [0.15, 0.2) is 0 Å². The fourth-order valence-corrected chi connectivity index (χ4v) is 4.47. The highest BCUT2D eigenvalue weighted by atomic mass is 35.5. The van der Waals surface area contributed by atoms with Crippen LogP contribution in [0.15, 0.2) is 35.3 Å². The smallest absolute Gasteiger partial charge is 0.272 e. The molecule has 0 spiro atoms. The van der Waals surface area contributed by atoms with Crippen LogP contribution in [0.4, 0.5) is 11.4 Å². The average Bonchev–Trinajstić information content (AvgIpc) is 3.40. The Bertz CT molecular complexity index is 1460. The molecule has 0 atom stereocenters. The lowest BCUT2D eigenvalue weighted by Gasteiger charge is -2.14. The van der Waals surface area contributed by atoms with Gasteiger partial charge in [0.25, 0.3) is 5.56 Å². The predicted octanol–water partition coefficient (Wildman–Crippen LogP) is 3.87. The maximum Gasteiger partial charge on any atom is 0.272 e. The van der Waals surface area contributed by atoms with Gasteiger partial charge in [0, 0.05) is 23.6 Å². The van der Waals surface area contributed by atoms with Gasteiger partial charge in [0.1, 0.15) is 0 Å². The fourth-order valence-electron chi connectivity index (χ4n) is 4.11. The summed E-state index contributed by atoms with van der Waals surface area (Å²) < 4.78 is 1.72. The Balaban J connectivity index is 1.79. The van der Waals surface area contributed by atoms with Gasteiger partial charge in [-0.25, -0.2) is 5.10 Å². The number of nitriles is 1. The summed E-state index contributed by atoms with van der Waals surface area (Å²) in [5.41, 5.74) is 5.64. The van der Waals surface area contributed by atoms with E-state index in [4.69, 9.17) is 11.6 Å². The number of rotatable bonds is 3. The molecule has 0 saturated carbocycles. The molecule has 154 valence electrons. The largest absolute Gasteiger partial charge is 0.366 e. The summed E-state index contributed by atoms with van der Waals surface area (Å²) in [7, 11) is 1.82. The molecule has 0 fully saturated rings. The van der Waals surface area contributed by atoms with Gasteiger partial charge in [-0.15, -0.1) is 0 Å². The van der Waals surface area contributed by atoms with Gasteiger partial charge in [-0.05, 0) is 30.2 Å². The van der Waals surface area contributed by atoms with Crippen LogP contribution in [0.2, 0.25) is 5.02 Å². The average molecular weight is 432 g/mol. The molecular weight excluding hydrogens is 414 g/mol. The van der Waals surface area contributed by atoms with E-state index < -0.39 is 0 Å². The van der Waals surface area contributed by atoms with Crippen LogP contribution in [0.25, 0.3) is 33.2 Å². The van der Waals surface area contributed by atoms with Crippen molar-refractivity contribution >= 4 is 33.7 Å². The molecule has 31 heavy (non-hydrogen) atoms. The number of aryl methyl sites for hydroxylation is 2. The molecule has 0 aliphatic carbocycles. The van der Waals surface area contributed by atoms with Gasteiger partial charge in [0.05, 0.1) is 57.7 Å². The van der Waals surface area contributed by atoms with Crippen molar-refractivity contribution < 1.29 is 0 Å². The number of aromatic amines is 1. The first kappa shape index (κ1) is 19.2. The highest BCUT2D eigenvalue weighted by Crippen LogP contribution is 2.45. The second-order valence-electron chi connectivity index (χ2n) is 7.32. The third-order valence-electron chi connectivity index (χ3n) is 5.62. The van der Waals surface area contributed by atoms with Gasteiger partial charge in [0.2, 0.25) is 0 Å². The summed E-state index contributed by atoms with van der Waals surface area (Å²) >= 11 is 6.77. The van der Waals surface area contributed by atoms with Gasteiger partial charge >= 0.3 is 0 Å². The zero-order valence-electron chi connectivity index (χ0n) is 16.9. The van der Waals surface area contributed by atoms with Gasteiger partial charge < -0.3 is 10.6 Å². The number of nitrogens with zero attached hydrogens (tertiary/aromatic N) is 4. The topological polar surface area (TPSA) is 111 Å². The molecule has 8 nitrogen and oxygen atoms in total. The molecule has 5 rings (SSSR count). The van der Waals surface area contributed by atoms with Crippen molar-refractivity contribution in [2.45, 2.75) is 13.3 Å². The first-order valence-electron chi connectivity index (χ1n) is 9.81. The Morgan fingerprint density at radius 3 is 2.87 bits per heavy atom. The van der Waals surface area contributed by atoms with E-state index in [1.165, 1.54) is 0 Å². The molecule has 0 amide bonds. The Morgan fingerprint density at radius 2 is 2.10 bits per heavy atom. The van der Waals surface area contributed by atoms with Crippen molar-refractivity contribution in [1.82, 2.24) is 20.0 Å². The second kappa shape index (κ2) is 7.15. The first-order chi connectivity index (χ1) is 15.0. The lowest BCUT2D eigenvalue weighted by Crippen LogP contribution is -2.10. The fraction of sp³-hybridized carbons (Fsp3) is 0.182. The quantitative estimate of drug-likeness (QED) is 0.454. The summed E-state index contributed by atoms with van der Waals surface area (Å²) in [6.45, 7) is 2.54. The van der Waals surface area contributed by atoms with Crippen LogP contribution in [0, 0.1) is 11.3 Å². The molecule has 0 saturated heterocycles. The van der Waals surface area contributed by atoms with Crippen molar-refractivity contribution in [3.05, 3.63) is 57.1 Å².